The van der Waals surface area contributed by atoms with Gasteiger partial charge in [-0.05, 0) is 25.8 Å². The normalized spacial score (nSPS) is 10.6. The molecular weight excluding hydrogens is 212 g/mol. The molecule has 3 nitrogen and oxygen atoms in total. The zero-order chi connectivity index (χ0) is 12.8. The molecule has 0 spiro atoms. The molecule has 0 atom stereocenters. The van der Waals surface area contributed by atoms with E-state index in [0.29, 0.717) is 12.5 Å². The summed E-state index contributed by atoms with van der Waals surface area (Å²) in [7, 11) is 0. The van der Waals surface area contributed by atoms with E-state index in [4.69, 9.17) is 10.5 Å². The van der Waals surface area contributed by atoms with Gasteiger partial charge in [0.15, 0.2) is 0 Å². The van der Waals surface area contributed by atoms with Crippen molar-refractivity contribution in [1.29, 1.82) is 0 Å². The van der Waals surface area contributed by atoms with Crippen LogP contribution in [0.15, 0.2) is 18.2 Å². The van der Waals surface area contributed by atoms with E-state index in [0.717, 1.165) is 30.2 Å². The van der Waals surface area contributed by atoms with Crippen molar-refractivity contribution in [2.24, 2.45) is 5.92 Å². The Morgan fingerprint density at radius 2 is 1.94 bits per heavy atom. The van der Waals surface area contributed by atoms with Gasteiger partial charge in [0.05, 0.1) is 6.61 Å². The average Bonchev–Trinajstić information content (AvgIpc) is 2.25. The van der Waals surface area contributed by atoms with Gasteiger partial charge in [0.2, 0.25) is 0 Å². The Balaban J connectivity index is 2.93. The standard InChI is InChI=1S/C14H24N2O/c1-5-16(10-11(3)4)13-7-12(15)8-14(9-13)17-6-2/h7-9,11H,5-6,10,15H2,1-4H3. The maximum Gasteiger partial charge on any atom is 0.123 e. The summed E-state index contributed by atoms with van der Waals surface area (Å²) in [5.74, 6) is 1.48. The third-order valence-electron chi connectivity index (χ3n) is 2.56. The number of hydrogen-bond acceptors (Lipinski definition) is 3. The van der Waals surface area contributed by atoms with Gasteiger partial charge < -0.3 is 15.4 Å². The zero-order valence-corrected chi connectivity index (χ0v) is 11.4. The van der Waals surface area contributed by atoms with Crippen LogP contribution in [-0.2, 0) is 0 Å². The molecule has 96 valence electrons. The van der Waals surface area contributed by atoms with Crippen molar-refractivity contribution in [1.82, 2.24) is 0 Å². The molecule has 0 saturated heterocycles. The summed E-state index contributed by atoms with van der Waals surface area (Å²) >= 11 is 0. The van der Waals surface area contributed by atoms with Gasteiger partial charge in [0, 0.05) is 36.6 Å². The van der Waals surface area contributed by atoms with Gasteiger partial charge in [0.1, 0.15) is 5.75 Å². The molecular formula is C14H24N2O. The minimum Gasteiger partial charge on any atom is -0.494 e. The van der Waals surface area contributed by atoms with Gasteiger partial charge in [-0.2, -0.15) is 0 Å². The predicted octanol–water partition coefficient (Wildman–Crippen LogP) is 3.15. The SMILES string of the molecule is CCOc1cc(N)cc(N(CC)CC(C)C)c1. The molecule has 17 heavy (non-hydrogen) atoms. The molecule has 0 fully saturated rings. The van der Waals surface area contributed by atoms with Crippen LogP contribution in [0.4, 0.5) is 11.4 Å². The fourth-order valence-corrected chi connectivity index (χ4v) is 1.90. The molecule has 0 aliphatic carbocycles. The number of anilines is 2. The first-order valence-corrected chi connectivity index (χ1v) is 6.35. The van der Waals surface area contributed by atoms with Crippen molar-refractivity contribution in [3.05, 3.63) is 18.2 Å². The van der Waals surface area contributed by atoms with Crippen molar-refractivity contribution in [3.63, 3.8) is 0 Å². The second-order valence-electron chi connectivity index (χ2n) is 4.63. The summed E-state index contributed by atoms with van der Waals surface area (Å²) in [6, 6.07) is 5.94. The van der Waals surface area contributed by atoms with Gasteiger partial charge in [-0.15, -0.1) is 0 Å². The lowest BCUT2D eigenvalue weighted by Gasteiger charge is -2.26. The highest BCUT2D eigenvalue weighted by molar-refractivity contribution is 5.60. The van der Waals surface area contributed by atoms with Crippen LogP contribution in [0.3, 0.4) is 0 Å². The Bertz CT molecular complexity index is 350. The van der Waals surface area contributed by atoms with Crippen LogP contribution in [0.2, 0.25) is 0 Å². The molecule has 3 heteroatoms. The molecule has 0 unspecified atom stereocenters. The molecule has 0 saturated carbocycles. The third kappa shape index (κ3) is 4.17. The molecule has 0 aliphatic rings. The minimum atomic E-state index is 0.631. The minimum absolute atomic E-state index is 0.631. The largest absolute Gasteiger partial charge is 0.494 e. The van der Waals surface area contributed by atoms with E-state index in [2.05, 4.69) is 31.7 Å². The fourth-order valence-electron chi connectivity index (χ4n) is 1.90. The zero-order valence-electron chi connectivity index (χ0n) is 11.4. The number of nitrogens with zero attached hydrogens (tertiary/aromatic N) is 1. The predicted molar refractivity (Wildman–Crippen MR) is 74.7 cm³/mol. The van der Waals surface area contributed by atoms with Crippen molar-refractivity contribution < 1.29 is 4.74 Å². The molecule has 2 N–H and O–H groups in total. The van der Waals surface area contributed by atoms with Crippen LogP contribution in [0, 0.1) is 5.92 Å². The van der Waals surface area contributed by atoms with Crippen molar-refractivity contribution in [2.45, 2.75) is 27.7 Å². The monoisotopic (exact) mass is 236 g/mol. The lowest BCUT2D eigenvalue weighted by molar-refractivity contribution is 0.340. The summed E-state index contributed by atoms with van der Waals surface area (Å²) in [4.78, 5) is 2.32. The highest BCUT2D eigenvalue weighted by Gasteiger charge is 2.08. The van der Waals surface area contributed by atoms with Crippen LogP contribution in [-0.4, -0.2) is 19.7 Å². The highest BCUT2D eigenvalue weighted by Crippen LogP contribution is 2.26. The van der Waals surface area contributed by atoms with Crippen LogP contribution in [0.5, 0.6) is 5.75 Å². The Labute approximate surface area is 105 Å². The van der Waals surface area contributed by atoms with Crippen molar-refractivity contribution in [3.8, 4) is 5.75 Å². The van der Waals surface area contributed by atoms with Gasteiger partial charge in [-0.1, -0.05) is 13.8 Å². The van der Waals surface area contributed by atoms with Gasteiger partial charge in [-0.3, -0.25) is 0 Å². The van der Waals surface area contributed by atoms with E-state index in [1.807, 2.05) is 19.1 Å². The summed E-state index contributed by atoms with van der Waals surface area (Å²) in [6.07, 6.45) is 0. The van der Waals surface area contributed by atoms with E-state index in [9.17, 15) is 0 Å². The average molecular weight is 236 g/mol. The summed E-state index contributed by atoms with van der Waals surface area (Å²) in [5, 5.41) is 0. The molecule has 1 aromatic rings. The lowest BCUT2D eigenvalue weighted by atomic mass is 10.1. The molecule has 0 heterocycles. The number of hydrogen-bond donors (Lipinski definition) is 1. The van der Waals surface area contributed by atoms with Crippen molar-refractivity contribution >= 4 is 11.4 Å². The molecule has 1 rings (SSSR count). The van der Waals surface area contributed by atoms with Crippen LogP contribution < -0.4 is 15.4 Å². The number of ether oxygens (including phenoxy) is 1. The molecule has 0 aromatic heterocycles. The van der Waals surface area contributed by atoms with E-state index in [1.54, 1.807) is 0 Å². The van der Waals surface area contributed by atoms with Gasteiger partial charge in [0.25, 0.3) is 0 Å². The third-order valence-corrected chi connectivity index (χ3v) is 2.56. The Morgan fingerprint density at radius 1 is 1.24 bits per heavy atom. The Hall–Kier alpha value is -1.38. The topological polar surface area (TPSA) is 38.5 Å². The highest BCUT2D eigenvalue weighted by atomic mass is 16.5. The van der Waals surface area contributed by atoms with Crippen LogP contribution >= 0.6 is 0 Å². The Morgan fingerprint density at radius 3 is 2.47 bits per heavy atom. The fraction of sp³-hybridized carbons (Fsp3) is 0.571. The number of nitrogens with two attached hydrogens (primary N) is 1. The maximum atomic E-state index is 5.91. The molecule has 0 bridgehead atoms. The number of benzene rings is 1. The second-order valence-corrected chi connectivity index (χ2v) is 4.63. The maximum absolute atomic E-state index is 5.91. The molecule has 0 radical (unpaired) electrons. The van der Waals surface area contributed by atoms with E-state index in [-0.39, 0.29) is 0 Å². The number of nitrogen functional groups attached to an aromatic ring is 1. The number of rotatable bonds is 6. The second kappa shape index (κ2) is 6.38. The Kier molecular flexibility index (Phi) is 5.13. The first-order chi connectivity index (χ1) is 8.06. The summed E-state index contributed by atoms with van der Waals surface area (Å²) in [6.45, 7) is 11.3. The van der Waals surface area contributed by atoms with Crippen molar-refractivity contribution in [2.75, 3.05) is 30.3 Å². The van der Waals surface area contributed by atoms with Gasteiger partial charge in [-0.25, -0.2) is 0 Å². The summed E-state index contributed by atoms with van der Waals surface area (Å²) in [5.41, 5.74) is 7.81. The molecule has 0 aliphatic heterocycles. The molecule has 1 aromatic carbocycles. The van der Waals surface area contributed by atoms with Crippen LogP contribution in [0.25, 0.3) is 0 Å². The van der Waals surface area contributed by atoms with Gasteiger partial charge >= 0.3 is 0 Å². The first kappa shape index (κ1) is 13.7. The quantitative estimate of drug-likeness (QED) is 0.771. The first-order valence-electron chi connectivity index (χ1n) is 6.35. The molecule has 0 amide bonds. The van der Waals surface area contributed by atoms with E-state index >= 15 is 0 Å². The summed E-state index contributed by atoms with van der Waals surface area (Å²) < 4.78 is 5.52. The smallest absolute Gasteiger partial charge is 0.123 e. The van der Waals surface area contributed by atoms with E-state index in [1.165, 1.54) is 0 Å². The van der Waals surface area contributed by atoms with Crippen LogP contribution in [0.1, 0.15) is 27.7 Å². The van der Waals surface area contributed by atoms with E-state index < -0.39 is 0 Å². The lowest BCUT2D eigenvalue weighted by Crippen LogP contribution is -2.27.